The Morgan fingerprint density at radius 3 is 2.29 bits per heavy atom. The van der Waals surface area contributed by atoms with E-state index in [1.807, 2.05) is 42.5 Å². The monoisotopic (exact) mass is 396 g/mol. The van der Waals surface area contributed by atoms with Crippen molar-refractivity contribution in [2.75, 3.05) is 5.32 Å². The van der Waals surface area contributed by atoms with Crippen molar-refractivity contribution >= 4 is 32.4 Å². The minimum atomic E-state index is -3.77. The van der Waals surface area contributed by atoms with E-state index in [9.17, 15) is 13.2 Å². The number of carbonyl (C=O) groups excluding carboxylic acids is 1. The number of benzene rings is 3. The van der Waals surface area contributed by atoms with E-state index in [1.54, 1.807) is 39.0 Å². The zero-order chi connectivity index (χ0) is 20.4. The van der Waals surface area contributed by atoms with Crippen LogP contribution in [0.3, 0.4) is 0 Å². The topological polar surface area (TPSA) is 75.3 Å². The lowest BCUT2D eigenvalue weighted by molar-refractivity contribution is -0.115. The zero-order valence-electron chi connectivity index (χ0n) is 16.2. The number of sulfonamides is 1. The number of anilines is 1. The summed E-state index contributed by atoms with van der Waals surface area (Å²) in [6.07, 6.45) is 0.155. The van der Waals surface area contributed by atoms with Gasteiger partial charge in [0.2, 0.25) is 15.9 Å². The van der Waals surface area contributed by atoms with Crippen molar-refractivity contribution in [3.8, 4) is 0 Å². The number of para-hydroxylation sites is 1. The molecule has 3 aromatic carbocycles. The standard InChI is InChI=1S/C22H24N2O3S/c1-22(2,3)24-28(26,27)20-14-7-6-13-19(20)23-21(25)15-17-11-8-10-16-9-4-5-12-18(16)17/h4-14,24H,15H2,1-3H3,(H,23,25). The van der Waals surface area contributed by atoms with Crippen LogP contribution in [-0.2, 0) is 21.2 Å². The van der Waals surface area contributed by atoms with E-state index in [2.05, 4.69) is 10.0 Å². The Hall–Kier alpha value is -2.70. The smallest absolute Gasteiger partial charge is 0.243 e. The Kier molecular flexibility index (Phi) is 5.54. The highest BCUT2D eigenvalue weighted by Crippen LogP contribution is 2.24. The maximum atomic E-state index is 12.7. The summed E-state index contributed by atoms with van der Waals surface area (Å²) in [7, 11) is -3.77. The Labute approximate surface area is 165 Å². The third-order valence-corrected chi connectivity index (χ3v) is 5.94. The zero-order valence-corrected chi connectivity index (χ0v) is 17.0. The number of carbonyl (C=O) groups is 1. The maximum Gasteiger partial charge on any atom is 0.243 e. The van der Waals surface area contributed by atoms with Gasteiger partial charge in [0.1, 0.15) is 4.90 Å². The molecule has 1 amide bonds. The Morgan fingerprint density at radius 2 is 1.54 bits per heavy atom. The Morgan fingerprint density at radius 1 is 0.893 bits per heavy atom. The van der Waals surface area contributed by atoms with Gasteiger partial charge in [-0.15, -0.1) is 0 Å². The molecule has 28 heavy (non-hydrogen) atoms. The van der Waals surface area contributed by atoms with Crippen molar-refractivity contribution in [2.45, 2.75) is 37.6 Å². The molecule has 0 saturated heterocycles. The fraction of sp³-hybridized carbons (Fsp3) is 0.227. The van der Waals surface area contributed by atoms with Crippen LogP contribution in [-0.4, -0.2) is 19.9 Å². The summed E-state index contributed by atoms with van der Waals surface area (Å²) in [6, 6.07) is 20.1. The first kappa shape index (κ1) is 20.0. The molecule has 0 atom stereocenters. The van der Waals surface area contributed by atoms with Crippen LogP contribution in [0, 0.1) is 0 Å². The van der Waals surface area contributed by atoms with Gasteiger partial charge in [0.25, 0.3) is 0 Å². The molecule has 6 heteroatoms. The lowest BCUT2D eigenvalue weighted by Gasteiger charge is -2.21. The third kappa shape index (κ3) is 4.77. The van der Waals surface area contributed by atoms with Crippen molar-refractivity contribution in [1.82, 2.24) is 4.72 Å². The van der Waals surface area contributed by atoms with Gasteiger partial charge in [-0.3, -0.25) is 4.79 Å². The number of amides is 1. The van der Waals surface area contributed by atoms with Crippen LogP contribution in [0.5, 0.6) is 0 Å². The second-order valence-electron chi connectivity index (χ2n) is 7.71. The third-order valence-electron chi connectivity index (χ3n) is 4.12. The summed E-state index contributed by atoms with van der Waals surface area (Å²) in [5.74, 6) is -0.269. The largest absolute Gasteiger partial charge is 0.325 e. The van der Waals surface area contributed by atoms with Crippen molar-refractivity contribution in [2.24, 2.45) is 0 Å². The molecule has 3 aromatic rings. The number of hydrogen-bond donors (Lipinski definition) is 2. The van der Waals surface area contributed by atoms with Crippen LogP contribution in [0.4, 0.5) is 5.69 Å². The van der Waals surface area contributed by atoms with Gasteiger partial charge in [-0.25, -0.2) is 13.1 Å². The molecule has 0 unspecified atom stereocenters. The molecule has 0 spiro atoms. The van der Waals surface area contributed by atoms with Crippen molar-refractivity contribution in [3.63, 3.8) is 0 Å². The van der Waals surface area contributed by atoms with E-state index in [0.29, 0.717) is 0 Å². The molecular weight excluding hydrogens is 372 g/mol. The predicted octanol–water partition coefficient (Wildman–Crippen LogP) is 4.10. The van der Waals surface area contributed by atoms with Crippen LogP contribution >= 0.6 is 0 Å². The van der Waals surface area contributed by atoms with Gasteiger partial charge in [0, 0.05) is 5.54 Å². The quantitative estimate of drug-likeness (QED) is 0.682. The minimum absolute atomic E-state index is 0.0520. The summed E-state index contributed by atoms with van der Waals surface area (Å²) < 4.78 is 28.1. The Balaban J connectivity index is 1.85. The molecule has 0 radical (unpaired) electrons. The summed E-state index contributed by atoms with van der Waals surface area (Å²) >= 11 is 0. The van der Waals surface area contributed by atoms with Crippen LogP contribution in [0.15, 0.2) is 71.6 Å². The van der Waals surface area contributed by atoms with Crippen LogP contribution in [0.2, 0.25) is 0 Å². The van der Waals surface area contributed by atoms with E-state index in [4.69, 9.17) is 0 Å². The summed E-state index contributed by atoms with van der Waals surface area (Å²) in [4.78, 5) is 12.7. The van der Waals surface area contributed by atoms with Gasteiger partial charge in [-0.2, -0.15) is 0 Å². The van der Waals surface area contributed by atoms with Gasteiger partial charge < -0.3 is 5.32 Å². The molecule has 0 aromatic heterocycles. The molecular formula is C22H24N2O3S. The van der Waals surface area contributed by atoms with E-state index >= 15 is 0 Å². The molecule has 0 fully saturated rings. The van der Waals surface area contributed by atoms with Crippen molar-refractivity contribution in [3.05, 3.63) is 72.3 Å². The van der Waals surface area contributed by atoms with E-state index in [-0.39, 0.29) is 22.9 Å². The first-order valence-corrected chi connectivity index (χ1v) is 10.5. The SMILES string of the molecule is CC(C)(C)NS(=O)(=O)c1ccccc1NC(=O)Cc1cccc2ccccc12. The molecule has 0 bridgehead atoms. The molecule has 2 N–H and O–H groups in total. The van der Waals surface area contributed by atoms with E-state index in [0.717, 1.165) is 16.3 Å². The summed E-state index contributed by atoms with van der Waals surface area (Å²) in [5.41, 5.74) is 0.534. The van der Waals surface area contributed by atoms with Crippen LogP contribution in [0.1, 0.15) is 26.3 Å². The van der Waals surface area contributed by atoms with Crippen LogP contribution < -0.4 is 10.0 Å². The number of hydrogen-bond acceptors (Lipinski definition) is 3. The van der Waals surface area contributed by atoms with E-state index < -0.39 is 15.6 Å². The maximum absolute atomic E-state index is 12.7. The van der Waals surface area contributed by atoms with Gasteiger partial charge >= 0.3 is 0 Å². The predicted molar refractivity (Wildman–Crippen MR) is 113 cm³/mol. The highest BCUT2D eigenvalue weighted by molar-refractivity contribution is 7.89. The molecule has 0 aliphatic heterocycles. The van der Waals surface area contributed by atoms with Crippen molar-refractivity contribution < 1.29 is 13.2 Å². The van der Waals surface area contributed by atoms with Gasteiger partial charge in [-0.1, -0.05) is 54.6 Å². The molecule has 0 aliphatic rings. The summed E-state index contributed by atoms with van der Waals surface area (Å²) in [6.45, 7) is 5.31. The lowest BCUT2D eigenvalue weighted by Crippen LogP contribution is -2.40. The van der Waals surface area contributed by atoms with Gasteiger partial charge in [0.15, 0.2) is 0 Å². The highest BCUT2D eigenvalue weighted by atomic mass is 32.2. The molecule has 0 aliphatic carbocycles. The van der Waals surface area contributed by atoms with Crippen LogP contribution in [0.25, 0.3) is 10.8 Å². The molecule has 3 rings (SSSR count). The fourth-order valence-electron chi connectivity index (χ4n) is 3.08. The average molecular weight is 397 g/mol. The Bertz CT molecular complexity index is 1110. The molecule has 146 valence electrons. The number of rotatable bonds is 5. The average Bonchev–Trinajstić information content (AvgIpc) is 2.60. The summed E-state index contributed by atoms with van der Waals surface area (Å²) in [5, 5.41) is 4.83. The second-order valence-corrected chi connectivity index (χ2v) is 9.37. The minimum Gasteiger partial charge on any atom is -0.325 e. The number of fused-ring (bicyclic) bond motifs is 1. The molecule has 5 nitrogen and oxygen atoms in total. The first-order chi connectivity index (χ1) is 13.2. The van der Waals surface area contributed by atoms with Gasteiger partial charge in [0.05, 0.1) is 12.1 Å². The molecule has 0 heterocycles. The lowest BCUT2D eigenvalue weighted by atomic mass is 10.0. The normalized spacial score (nSPS) is 12.1. The first-order valence-electron chi connectivity index (χ1n) is 9.05. The number of nitrogens with one attached hydrogen (secondary N) is 2. The second kappa shape index (κ2) is 7.73. The van der Waals surface area contributed by atoms with E-state index in [1.165, 1.54) is 6.07 Å². The van der Waals surface area contributed by atoms with Crippen molar-refractivity contribution in [1.29, 1.82) is 0 Å². The molecule has 0 saturated carbocycles. The van der Waals surface area contributed by atoms with Gasteiger partial charge in [-0.05, 0) is 49.2 Å². The highest BCUT2D eigenvalue weighted by Gasteiger charge is 2.25. The fourth-order valence-corrected chi connectivity index (χ4v) is 4.66.